The van der Waals surface area contributed by atoms with Crippen LogP contribution in [0.1, 0.15) is 6.92 Å². The minimum Gasteiger partial charge on any atom is -0.393 e. The third-order valence-electron chi connectivity index (χ3n) is 2.45. The van der Waals surface area contributed by atoms with Gasteiger partial charge in [-0.1, -0.05) is 13.0 Å². The number of nitrogens with zero attached hydrogens (tertiary/aromatic N) is 1. The lowest BCUT2D eigenvalue weighted by atomic mass is 10.3. The standard InChI is InChI=1S/C10H15N3O5S2/c1-2-19(16)7-6-12-20(17,18)9-5-3-4-8(11)10(9)13(14)15/h3-5,12H,2,6-7,11H2,1H3. The monoisotopic (exact) mass is 321 g/mol. The molecule has 0 spiro atoms. The van der Waals surface area contributed by atoms with Crippen molar-refractivity contribution in [2.24, 2.45) is 0 Å². The van der Waals surface area contributed by atoms with Crippen molar-refractivity contribution in [3.8, 4) is 0 Å². The minimum absolute atomic E-state index is 0.0608. The first-order chi connectivity index (χ1) is 9.29. The molecule has 0 radical (unpaired) electrons. The van der Waals surface area contributed by atoms with Crippen LogP contribution in [0, 0.1) is 10.1 Å². The highest BCUT2D eigenvalue weighted by Crippen LogP contribution is 2.29. The number of nitrogens with one attached hydrogen (secondary N) is 1. The first-order valence-electron chi connectivity index (χ1n) is 5.67. The van der Waals surface area contributed by atoms with Gasteiger partial charge >= 0.3 is 5.69 Å². The van der Waals surface area contributed by atoms with Gasteiger partial charge in [0.05, 0.1) is 4.92 Å². The fourth-order valence-corrected chi connectivity index (χ4v) is 3.44. The van der Waals surface area contributed by atoms with Gasteiger partial charge in [0.2, 0.25) is 10.0 Å². The van der Waals surface area contributed by atoms with E-state index in [1.807, 2.05) is 0 Å². The molecule has 20 heavy (non-hydrogen) atoms. The van der Waals surface area contributed by atoms with Gasteiger partial charge in [0.25, 0.3) is 0 Å². The maximum atomic E-state index is 12.0. The van der Waals surface area contributed by atoms with E-state index in [-0.39, 0.29) is 18.0 Å². The van der Waals surface area contributed by atoms with Crippen molar-refractivity contribution >= 4 is 32.2 Å². The summed E-state index contributed by atoms with van der Waals surface area (Å²) >= 11 is 0. The summed E-state index contributed by atoms with van der Waals surface area (Å²) in [5.41, 5.74) is 4.55. The number of hydrogen-bond acceptors (Lipinski definition) is 6. The van der Waals surface area contributed by atoms with Gasteiger partial charge in [0, 0.05) is 28.9 Å². The van der Waals surface area contributed by atoms with Gasteiger partial charge in [-0.25, -0.2) is 13.1 Å². The molecule has 0 aliphatic heterocycles. The molecule has 0 aliphatic rings. The second-order valence-electron chi connectivity index (χ2n) is 3.78. The maximum absolute atomic E-state index is 12.0. The van der Waals surface area contributed by atoms with E-state index in [4.69, 9.17) is 5.73 Å². The van der Waals surface area contributed by atoms with E-state index in [9.17, 15) is 22.7 Å². The third kappa shape index (κ3) is 3.99. The van der Waals surface area contributed by atoms with Gasteiger partial charge in [0.15, 0.2) is 4.90 Å². The van der Waals surface area contributed by atoms with Gasteiger partial charge in [0.1, 0.15) is 5.69 Å². The van der Waals surface area contributed by atoms with Crippen LogP contribution in [-0.4, -0.2) is 35.6 Å². The zero-order chi connectivity index (χ0) is 15.3. The predicted molar refractivity (Wildman–Crippen MR) is 76.2 cm³/mol. The topological polar surface area (TPSA) is 132 Å². The molecular weight excluding hydrogens is 306 g/mol. The molecule has 0 bridgehead atoms. The molecule has 0 aliphatic carbocycles. The van der Waals surface area contributed by atoms with Crippen molar-refractivity contribution in [2.45, 2.75) is 11.8 Å². The van der Waals surface area contributed by atoms with Crippen LogP contribution in [-0.2, 0) is 20.8 Å². The number of para-hydroxylation sites is 1. The molecule has 8 nitrogen and oxygen atoms in total. The fraction of sp³-hybridized carbons (Fsp3) is 0.400. The quantitative estimate of drug-likeness (QED) is 0.419. The number of rotatable bonds is 7. The van der Waals surface area contributed by atoms with E-state index >= 15 is 0 Å². The largest absolute Gasteiger partial charge is 0.393 e. The Bertz CT molecular complexity index is 630. The second-order valence-corrected chi connectivity index (χ2v) is 7.38. The number of sulfonamides is 1. The summed E-state index contributed by atoms with van der Waals surface area (Å²) in [5, 5.41) is 10.9. The first kappa shape index (κ1) is 16.5. The predicted octanol–water partition coefficient (Wildman–Crippen LogP) is 0.224. The first-order valence-corrected chi connectivity index (χ1v) is 8.64. The highest BCUT2D eigenvalue weighted by Gasteiger charge is 2.27. The molecule has 0 heterocycles. The molecule has 1 unspecified atom stereocenters. The van der Waals surface area contributed by atoms with E-state index in [1.165, 1.54) is 12.1 Å². The van der Waals surface area contributed by atoms with Gasteiger partial charge in [-0.05, 0) is 12.1 Å². The Morgan fingerprint density at radius 3 is 2.65 bits per heavy atom. The second kappa shape index (κ2) is 6.77. The number of nitro benzene ring substituents is 1. The molecule has 0 amide bonds. The zero-order valence-electron chi connectivity index (χ0n) is 10.7. The highest BCUT2D eigenvalue weighted by molar-refractivity contribution is 7.89. The maximum Gasteiger partial charge on any atom is 0.312 e. The minimum atomic E-state index is -4.07. The lowest BCUT2D eigenvalue weighted by Gasteiger charge is -2.08. The van der Waals surface area contributed by atoms with E-state index in [1.54, 1.807) is 6.92 Å². The average molecular weight is 321 g/mol. The molecule has 0 saturated heterocycles. The summed E-state index contributed by atoms with van der Waals surface area (Å²) in [5.74, 6) is 0.562. The molecule has 1 atom stereocenters. The van der Waals surface area contributed by atoms with E-state index in [2.05, 4.69) is 4.72 Å². The van der Waals surface area contributed by atoms with Crippen LogP contribution in [0.4, 0.5) is 11.4 Å². The van der Waals surface area contributed by atoms with Crippen LogP contribution in [0.5, 0.6) is 0 Å². The van der Waals surface area contributed by atoms with Crippen LogP contribution in [0.25, 0.3) is 0 Å². The van der Waals surface area contributed by atoms with Gasteiger partial charge < -0.3 is 5.73 Å². The SMILES string of the molecule is CCS(=O)CCNS(=O)(=O)c1cccc(N)c1[N+](=O)[O-]. The van der Waals surface area contributed by atoms with Crippen molar-refractivity contribution in [1.82, 2.24) is 4.72 Å². The van der Waals surface area contributed by atoms with Crippen LogP contribution in [0.15, 0.2) is 23.1 Å². The zero-order valence-corrected chi connectivity index (χ0v) is 12.4. The van der Waals surface area contributed by atoms with Gasteiger partial charge in [-0.15, -0.1) is 0 Å². The number of benzene rings is 1. The highest BCUT2D eigenvalue weighted by atomic mass is 32.2. The molecule has 1 aromatic carbocycles. The summed E-state index contributed by atoms with van der Waals surface area (Å²) < 4.78 is 37.4. The molecule has 0 aromatic heterocycles. The Morgan fingerprint density at radius 2 is 2.10 bits per heavy atom. The Labute approximate surface area is 119 Å². The van der Waals surface area contributed by atoms with E-state index in [0.717, 1.165) is 6.07 Å². The summed E-state index contributed by atoms with van der Waals surface area (Å²) in [6.45, 7) is 1.65. The van der Waals surface area contributed by atoms with E-state index in [0.29, 0.717) is 5.75 Å². The van der Waals surface area contributed by atoms with Crippen molar-refractivity contribution < 1.29 is 17.6 Å². The summed E-state index contributed by atoms with van der Waals surface area (Å²) in [4.78, 5) is 9.57. The molecule has 10 heteroatoms. The molecule has 3 N–H and O–H groups in total. The summed E-state index contributed by atoms with van der Waals surface area (Å²) in [6.07, 6.45) is 0. The molecule has 0 saturated carbocycles. The van der Waals surface area contributed by atoms with Crippen molar-refractivity contribution in [1.29, 1.82) is 0 Å². The lowest BCUT2D eigenvalue weighted by molar-refractivity contribution is -0.386. The molecule has 1 rings (SSSR count). The molecule has 0 fully saturated rings. The molecular formula is C10H15N3O5S2. The molecule has 112 valence electrons. The van der Waals surface area contributed by atoms with E-state index < -0.39 is 36.3 Å². The summed E-state index contributed by atoms with van der Waals surface area (Å²) in [6, 6.07) is 3.68. The Balaban J connectivity index is 3.02. The Morgan fingerprint density at radius 1 is 1.45 bits per heavy atom. The van der Waals surface area contributed by atoms with Crippen molar-refractivity contribution in [2.75, 3.05) is 23.8 Å². The number of nitrogen functional groups attached to an aromatic ring is 1. The third-order valence-corrected chi connectivity index (χ3v) is 5.24. The van der Waals surface area contributed by atoms with Gasteiger partial charge in [-0.2, -0.15) is 0 Å². The normalized spacial score (nSPS) is 13.1. The Kier molecular flexibility index (Phi) is 5.60. The molecule has 1 aromatic rings. The van der Waals surface area contributed by atoms with Crippen LogP contribution in [0.2, 0.25) is 0 Å². The average Bonchev–Trinajstić information content (AvgIpc) is 2.37. The fourth-order valence-electron chi connectivity index (χ4n) is 1.46. The number of nitrogens with two attached hydrogens (primary N) is 1. The Hall–Kier alpha value is -1.52. The summed E-state index contributed by atoms with van der Waals surface area (Å²) in [7, 11) is -5.19. The van der Waals surface area contributed by atoms with Crippen LogP contribution < -0.4 is 10.5 Å². The van der Waals surface area contributed by atoms with Crippen LogP contribution >= 0.6 is 0 Å². The lowest BCUT2D eigenvalue weighted by Crippen LogP contribution is -2.28. The van der Waals surface area contributed by atoms with Gasteiger partial charge in [-0.3, -0.25) is 14.3 Å². The number of hydrogen-bond donors (Lipinski definition) is 2. The van der Waals surface area contributed by atoms with Crippen LogP contribution in [0.3, 0.4) is 0 Å². The number of anilines is 1. The number of nitro groups is 1. The van der Waals surface area contributed by atoms with Crippen molar-refractivity contribution in [3.63, 3.8) is 0 Å². The smallest absolute Gasteiger partial charge is 0.312 e. The van der Waals surface area contributed by atoms with Crippen molar-refractivity contribution in [3.05, 3.63) is 28.3 Å².